The van der Waals surface area contributed by atoms with Crippen LogP contribution in [0.3, 0.4) is 0 Å². The zero-order chi connectivity index (χ0) is 24.5. The van der Waals surface area contributed by atoms with Crippen molar-refractivity contribution in [1.29, 1.82) is 0 Å². The molecule has 5 aromatic rings. The van der Waals surface area contributed by atoms with Crippen molar-refractivity contribution in [2.45, 2.75) is 19.6 Å². The number of aliphatic hydroxyl groups excluding tert-OH is 1. The molecule has 1 N–H and O–H groups in total. The summed E-state index contributed by atoms with van der Waals surface area (Å²) < 4.78 is 3.82. The Hall–Kier alpha value is -4.08. The van der Waals surface area contributed by atoms with Crippen LogP contribution in [0.25, 0.3) is 33.2 Å². The molecule has 4 heterocycles. The molecule has 3 aromatic heterocycles. The quantitative estimate of drug-likeness (QED) is 0.381. The van der Waals surface area contributed by atoms with E-state index in [1.807, 2.05) is 81.6 Å². The van der Waals surface area contributed by atoms with Gasteiger partial charge in [0.05, 0.1) is 25.4 Å². The molecule has 1 aliphatic rings. The summed E-state index contributed by atoms with van der Waals surface area (Å²) in [6, 6.07) is 23.8. The number of hydrogen-bond donors (Lipinski definition) is 1. The van der Waals surface area contributed by atoms with Crippen LogP contribution in [0.1, 0.15) is 16.2 Å². The van der Waals surface area contributed by atoms with E-state index in [2.05, 4.69) is 16.3 Å². The third-order valence-corrected chi connectivity index (χ3v) is 7.29. The summed E-state index contributed by atoms with van der Waals surface area (Å²) in [7, 11) is 0. The molecule has 0 saturated carbocycles. The van der Waals surface area contributed by atoms with Crippen molar-refractivity contribution in [3.63, 3.8) is 0 Å². The number of thiophene rings is 1. The smallest absolute Gasteiger partial charge is 0.254 e. The van der Waals surface area contributed by atoms with Crippen LogP contribution in [0.15, 0.2) is 78.2 Å². The van der Waals surface area contributed by atoms with Gasteiger partial charge in [-0.25, -0.2) is 0 Å². The minimum absolute atomic E-state index is 0.0137. The Balaban J connectivity index is 1.24. The number of aliphatic hydroxyl groups is 1. The largest absolute Gasteiger partial charge is 0.394 e. The maximum atomic E-state index is 13.2. The van der Waals surface area contributed by atoms with Crippen molar-refractivity contribution in [3.8, 4) is 33.2 Å². The number of hydrogen-bond acceptors (Lipinski definition) is 6. The zero-order valence-electron chi connectivity index (χ0n) is 19.5. The fourth-order valence-corrected chi connectivity index (χ4v) is 5.27. The van der Waals surface area contributed by atoms with E-state index >= 15 is 0 Å². The van der Waals surface area contributed by atoms with Gasteiger partial charge >= 0.3 is 0 Å². The zero-order valence-corrected chi connectivity index (χ0v) is 20.3. The molecule has 0 fully saturated rings. The molecule has 0 radical (unpaired) electrons. The van der Waals surface area contributed by atoms with E-state index in [0.29, 0.717) is 37.6 Å². The van der Waals surface area contributed by atoms with E-state index in [9.17, 15) is 9.90 Å². The number of amides is 1. The second-order valence-corrected chi connectivity index (χ2v) is 9.55. The van der Waals surface area contributed by atoms with Crippen molar-refractivity contribution in [3.05, 3.63) is 89.6 Å². The highest BCUT2D eigenvalue weighted by Gasteiger charge is 2.27. The number of benzene rings is 2. The summed E-state index contributed by atoms with van der Waals surface area (Å²) in [5, 5.41) is 25.2. The van der Waals surface area contributed by atoms with E-state index in [-0.39, 0.29) is 12.5 Å². The van der Waals surface area contributed by atoms with Gasteiger partial charge < -0.3 is 14.6 Å². The van der Waals surface area contributed by atoms with Crippen molar-refractivity contribution < 1.29 is 9.90 Å². The SMILES string of the molecule is O=C(c1ccc(-c2cccs2)cc1)N1CCn2c(nnc2-c2cc(-c3ccccc3)nn2CCO)C1. The lowest BCUT2D eigenvalue weighted by atomic mass is 10.1. The van der Waals surface area contributed by atoms with E-state index < -0.39 is 0 Å². The van der Waals surface area contributed by atoms with Gasteiger partial charge in [0.15, 0.2) is 11.6 Å². The average Bonchev–Trinajstić information content (AvgIpc) is 3.69. The Morgan fingerprint density at radius 1 is 0.944 bits per heavy atom. The number of carbonyl (C=O) groups excluding carboxylic acids is 1. The first-order valence-electron chi connectivity index (χ1n) is 11.8. The molecule has 9 heteroatoms. The number of nitrogens with zero attached hydrogens (tertiary/aromatic N) is 6. The topological polar surface area (TPSA) is 89.1 Å². The van der Waals surface area contributed by atoms with Crippen LogP contribution in [0.4, 0.5) is 0 Å². The number of rotatable bonds is 6. The first-order valence-corrected chi connectivity index (χ1v) is 12.7. The fraction of sp³-hybridized carbons (Fsp3) is 0.185. The van der Waals surface area contributed by atoms with Crippen LogP contribution < -0.4 is 0 Å². The van der Waals surface area contributed by atoms with Gasteiger partial charge in [0, 0.05) is 29.1 Å². The minimum atomic E-state index is -0.0303. The molecule has 1 amide bonds. The normalized spacial score (nSPS) is 13.1. The highest BCUT2D eigenvalue weighted by atomic mass is 32.1. The van der Waals surface area contributed by atoms with Crippen molar-refractivity contribution in [1.82, 2.24) is 29.4 Å². The molecule has 36 heavy (non-hydrogen) atoms. The first-order chi connectivity index (χ1) is 17.7. The Morgan fingerprint density at radius 2 is 1.78 bits per heavy atom. The highest BCUT2D eigenvalue weighted by Crippen LogP contribution is 2.28. The molecule has 0 unspecified atom stereocenters. The Bertz CT molecular complexity index is 1490. The monoisotopic (exact) mass is 496 g/mol. The minimum Gasteiger partial charge on any atom is -0.394 e. The van der Waals surface area contributed by atoms with Gasteiger partial charge in [-0.05, 0) is 35.2 Å². The number of fused-ring (bicyclic) bond motifs is 1. The van der Waals surface area contributed by atoms with Gasteiger partial charge in [0.1, 0.15) is 5.69 Å². The number of carbonyl (C=O) groups is 1. The lowest BCUT2D eigenvalue weighted by Gasteiger charge is -2.28. The average molecular weight is 497 g/mol. The van der Waals surface area contributed by atoms with Crippen molar-refractivity contribution >= 4 is 17.2 Å². The Morgan fingerprint density at radius 3 is 2.53 bits per heavy atom. The van der Waals surface area contributed by atoms with Crippen LogP contribution in [0, 0.1) is 0 Å². The maximum Gasteiger partial charge on any atom is 0.254 e. The lowest BCUT2D eigenvalue weighted by Crippen LogP contribution is -2.38. The molecule has 0 saturated heterocycles. The van der Waals surface area contributed by atoms with Crippen molar-refractivity contribution in [2.24, 2.45) is 0 Å². The molecule has 180 valence electrons. The van der Waals surface area contributed by atoms with Crippen LogP contribution in [0.5, 0.6) is 0 Å². The standard InChI is InChI=1S/C27H24N6O2S/c34-15-14-33-23(17-22(30-33)19-5-2-1-3-6-19)26-29-28-25-18-31(12-13-32(25)26)27(35)21-10-8-20(9-11-21)24-7-4-16-36-24/h1-11,16-17,34H,12-15,18H2. The summed E-state index contributed by atoms with van der Waals surface area (Å²) in [5.41, 5.74) is 4.38. The molecular weight excluding hydrogens is 472 g/mol. The van der Waals surface area contributed by atoms with Crippen LogP contribution >= 0.6 is 11.3 Å². The van der Waals surface area contributed by atoms with Crippen LogP contribution in [0.2, 0.25) is 0 Å². The summed E-state index contributed by atoms with van der Waals surface area (Å²) in [5.74, 6) is 1.42. The second kappa shape index (κ2) is 9.52. The molecule has 2 aromatic carbocycles. The maximum absolute atomic E-state index is 13.2. The second-order valence-electron chi connectivity index (χ2n) is 8.60. The van der Waals surface area contributed by atoms with Gasteiger partial charge in [0.25, 0.3) is 5.91 Å². The van der Waals surface area contributed by atoms with Crippen LogP contribution in [-0.2, 0) is 19.6 Å². The van der Waals surface area contributed by atoms with E-state index in [0.717, 1.165) is 28.3 Å². The van der Waals surface area contributed by atoms with Gasteiger partial charge in [-0.2, -0.15) is 5.10 Å². The van der Waals surface area contributed by atoms with Gasteiger partial charge in [-0.3, -0.25) is 9.48 Å². The molecular formula is C27H24N6O2S. The van der Waals surface area contributed by atoms with Crippen LogP contribution in [-0.4, -0.2) is 53.6 Å². The van der Waals surface area contributed by atoms with Gasteiger partial charge in [-0.1, -0.05) is 48.5 Å². The molecule has 0 atom stereocenters. The highest BCUT2D eigenvalue weighted by molar-refractivity contribution is 7.13. The molecule has 0 spiro atoms. The third-order valence-electron chi connectivity index (χ3n) is 6.37. The van der Waals surface area contributed by atoms with E-state index in [4.69, 9.17) is 5.10 Å². The fourth-order valence-electron chi connectivity index (χ4n) is 4.53. The Labute approximate surface area is 212 Å². The van der Waals surface area contributed by atoms with Crippen molar-refractivity contribution in [2.75, 3.05) is 13.2 Å². The molecule has 0 bridgehead atoms. The lowest BCUT2D eigenvalue weighted by molar-refractivity contribution is 0.0708. The van der Waals surface area contributed by atoms with E-state index in [1.165, 1.54) is 4.88 Å². The molecule has 6 rings (SSSR count). The predicted molar refractivity (Wildman–Crippen MR) is 138 cm³/mol. The summed E-state index contributed by atoms with van der Waals surface area (Å²) in [6.07, 6.45) is 0. The summed E-state index contributed by atoms with van der Waals surface area (Å²) >= 11 is 1.68. The first kappa shape index (κ1) is 22.4. The summed E-state index contributed by atoms with van der Waals surface area (Å²) in [6.45, 7) is 1.86. The van der Waals surface area contributed by atoms with E-state index in [1.54, 1.807) is 16.0 Å². The van der Waals surface area contributed by atoms with Gasteiger partial charge in [0.2, 0.25) is 0 Å². The molecule has 8 nitrogen and oxygen atoms in total. The molecule has 1 aliphatic heterocycles. The van der Waals surface area contributed by atoms with Gasteiger partial charge in [-0.15, -0.1) is 21.5 Å². The predicted octanol–water partition coefficient (Wildman–Crippen LogP) is 4.19. The third kappa shape index (κ3) is 4.12. The molecule has 0 aliphatic carbocycles. The Kier molecular flexibility index (Phi) is 5.92. The summed E-state index contributed by atoms with van der Waals surface area (Å²) in [4.78, 5) is 16.2. The number of aromatic nitrogens is 5.